The highest BCUT2D eigenvalue weighted by Crippen LogP contribution is 2.13. The van der Waals surface area contributed by atoms with Gasteiger partial charge in [-0.2, -0.15) is 0 Å². The number of hydrogen-bond acceptors (Lipinski definition) is 2. The number of rotatable bonds is 7. The monoisotopic (exact) mass is 200 g/mol. The predicted octanol–water partition coefficient (Wildman–Crippen LogP) is 3.54. The molecule has 0 aromatic heterocycles. The van der Waals surface area contributed by atoms with Gasteiger partial charge in [0.2, 0.25) is 0 Å². The predicted molar refractivity (Wildman–Crippen MR) is 59.2 cm³/mol. The summed E-state index contributed by atoms with van der Waals surface area (Å²) in [6.07, 6.45) is 5.20. The van der Waals surface area contributed by atoms with Gasteiger partial charge in [-0.3, -0.25) is 4.79 Å². The smallest absolute Gasteiger partial charge is 0.306 e. The Bertz CT molecular complexity index is 152. The fourth-order valence-corrected chi connectivity index (χ4v) is 1.55. The van der Waals surface area contributed by atoms with Gasteiger partial charge >= 0.3 is 5.97 Å². The second-order valence-electron chi connectivity index (χ2n) is 4.32. The van der Waals surface area contributed by atoms with Crippen molar-refractivity contribution in [2.75, 3.05) is 0 Å². The zero-order valence-electron chi connectivity index (χ0n) is 10.0. The fourth-order valence-electron chi connectivity index (χ4n) is 1.55. The third-order valence-electron chi connectivity index (χ3n) is 2.23. The molecule has 0 aliphatic carbocycles. The van der Waals surface area contributed by atoms with E-state index in [1.165, 1.54) is 12.8 Å². The van der Waals surface area contributed by atoms with E-state index in [-0.39, 0.29) is 12.1 Å². The summed E-state index contributed by atoms with van der Waals surface area (Å²) in [5.74, 6) is 0.690. The second kappa shape index (κ2) is 7.84. The topological polar surface area (TPSA) is 26.3 Å². The van der Waals surface area contributed by atoms with Crippen molar-refractivity contribution in [1.82, 2.24) is 0 Å². The Morgan fingerprint density at radius 3 is 2.36 bits per heavy atom. The van der Waals surface area contributed by atoms with Crippen LogP contribution in [0.5, 0.6) is 0 Å². The van der Waals surface area contributed by atoms with Gasteiger partial charge in [-0.25, -0.2) is 0 Å². The molecule has 2 nitrogen and oxygen atoms in total. The van der Waals surface area contributed by atoms with Crippen LogP contribution >= 0.6 is 0 Å². The summed E-state index contributed by atoms with van der Waals surface area (Å²) in [6, 6.07) is 0. The molecule has 1 atom stereocenters. The van der Waals surface area contributed by atoms with Gasteiger partial charge in [0.05, 0.1) is 6.10 Å². The van der Waals surface area contributed by atoms with Gasteiger partial charge in [-0.15, -0.1) is 0 Å². The highest BCUT2D eigenvalue weighted by Gasteiger charge is 2.06. The van der Waals surface area contributed by atoms with Crippen LogP contribution < -0.4 is 0 Å². The lowest BCUT2D eigenvalue weighted by Gasteiger charge is -2.10. The molecular formula is C12H24O2. The highest BCUT2D eigenvalue weighted by molar-refractivity contribution is 5.69. The van der Waals surface area contributed by atoms with Crippen LogP contribution in [0.1, 0.15) is 59.8 Å². The Balaban J connectivity index is 3.39. The molecule has 0 spiro atoms. The SMILES string of the molecule is CCCC(C)CCCC(=O)OC(C)C. The van der Waals surface area contributed by atoms with E-state index >= 15 is 0 Å². The van der Waals surface area contributed by atoms with E-state index in [4.69, 9.17) is 4.74 Å². The van der Waals surface area contributed by atoms with Crippen molar-refractivity contribution in [3.8, 4) is 0 Å². The normalized spacial score (nSPS) is 12.9. The first-order valence-electron chi connectivity index (χ1n) is 5.75. The third kappa shape index (κ3) is 8.09. The first kappa shape index (κ1) is 13.5. The lowest BCUT2D eigenvalue weighted by molar-refractivity contribution is -0.147. The molecule has 0 rings (SSSR count). The van der Waals surface area contributed by atoms with Crippen molar-refractivity contribution in [1.29, 1.82) is 0 Å². The molecule has 0 aromatic carbocycles. The Morgan fingerprint density at radius 2 is 1.86 bits per heavy atom. The zero-order chi connectivity index (χ0) is 11.0. The number of esters is 1. The average Bonchev–Trinajstić information content (AvgIpc) is 2.02. The summed E-state index contributed by atoms with van der Waals surface area (Å²) >= 11 is 0. The third-order valence-corrected chi connectivity index (χ3v) is 2.23. The van der Waals surface area contributed by atoms with Crippen molar-refractivity contribution in [3.63, 3.8) is 0 Å². The summed E-state index contributed by atoms with van der Waals surface area (Å²) in [4.78, 5) is 11.2. The minimum absolute atomic E-state index is 0.0237. The largest absolute Gasteiger partial charge is 0.463 e. The van der Waals surface area contributed by atoms with Gasteiger partial charge in [0.15, 0.2) is 0 Å². The van der Waals surface area contributed by atoms with Gasteiger partial charge in [0, 0.05) is 6.42 Å². The van der Waals surface area contributed by atoms with Crippen molar-refractivity contribution in [3.05, 3.63) is 0 Å². The van der Waals surface area contributed by atoms with Crippen molar-refractivity contribution < 1.29 is 9.53 Å². The summed E-state index contributed by atoms with van der Waals surface area (Å²) in [5.41, 5.74) is 0. The molecule has 0 N–H and O–H groups in total. The zero-order valence-corrected chi connectivity index (χ0v) is 10.0. The van der Waals surface area contributed by atoms with Crippen molar-refractivity contribution in [2.24, 2.45) is 5.92 Å². The van der Waals surface area contributed by atoms with Crippen LogP contribution in [0, 0.1) is 5.92 Å². The molecular weight excluding hydrogens is 176 g/mol. The summed E-state index contributed by atoms with van der Waals surface area (Å²) in [5, 5.41) is 0. The molecule has 0 fully saturated rings. The van der Waals surface area contributed by atoms with E-state index in [1.807, 2.05) is 13.8 Å². The van der Waals surface area contributed by atoms with Gasteiger partial charge in [0.25, 0.3) is 0 Å². The van der Waals surface area contributed by atoms with Gasteiger partial charge in [0.1, 0.15) is 0 Å². The van der Waals surface area contributed by atoms with Crippen LogP contribution in [0.2, 0.25) is 0 Å². The first-order chi connectivity index (χ1) is 6.56. The number of ether oxygens (including phenoxy) is 1. The molecule has 84 valence electrons. The fraction of sp³-hybridized carbons (Fsp3) is 0.917. The van der Waals surface area contributed by atoms with E-state index in [1.54, 1.807) is 0 Å². The summed E-state index contributed by atoms with van der Waals surface area (Å²) in [6.45, 7) is 8.22. The van der Waals surface area contributed by atoms with Crippen LogP contribution in [0.25, 0.3) is 0 Å². The minimum Gasteiger partial charge on any atom is -0.463 e. The van der Waals surface area contributed by atoms with Crippen molar-refractivity contribution in [2.45, 2.75) is 65.9 Å². The van der Waals surface area contributed by atoms with Crippen LogP contribution in [0.15, 0.2) is 0 Å². The maximum atomic E-state index is 11.2. The molecule has 0 saturated heterocycles. The molecule has 1 unspecified atom stereocenters. The van der Waals surface area contributed by atoms with Gasteiger partial charge in [-0.1, -0.05) is 33.1 Å². The Hall–Kier alpha value is -0.530. The lowest BCUT2D eigenvalue weighted by atomic mass is 9.99. The Labute approximate surface area is 88.0 Å². The Morgan fingerprint density at radius 1 is 1.21 bits per heavy atom. The molecule has 0 saturated carbocycles. The molecule has 2 heteroatoms. The second-order valence-corrected chi connectivity index (χ2v) is 4.32. The van der Waals surface area contributed by atoms with Crippen LogP contribution in [-0.4, -0.2) is 12.1 Å². The number of carbonyl (C=O) groups is 1. The summed E-state index contributed by atoms with van der Waals surface area (Å²) in [7, 11) is 0. The van der Waals surface area contributed by atoms with Crippen LogP contribution in [0.4, 0.5) is 0 Å². The highest BCUT2D eigenvalue weighted by atomic mass is 16.5. The van der Waals surface area contributed by atoms with Crippen LogP contribution in [-0.2, 0) is 9.53 Å². The molecule has 14 heavy (non-hydrogen) atoms. The lowest BCUT2D eigenvalue weighted by Crippen LogP contribution is -2.11. The molecule has 0 aliphatic rings. The summed E-state index contributed by atoms with van der Waals surface area (Å²) < 4.78 is 5.05. The van der Waals surface area contributed by atoms with Crippen LogP contribution in [0.3, 0.4) is 0 Å². The molecule has 0 radical (unpaired) electrons. The van der Waals surface area contributed by atoms with E-state index in [0.29, 0.717) is 6.42 Å². The maximum absolute atomic E-state index is 11.2. The quantitative estimate of drug-likeness (QED) is 0.587. The van der Waals surface area contributed by atoms with E-state index in [2.05, 4.69) is 13.8 Å². The van der Waals surface area contributed by atoms with Crippen molar-refractivity contribution >= 4 is 5.97 Å². The van der Waals surface area contributed by atoms with Gasteiger partial charge < -0.3 is 4.74 Å². The van der Waals surface area contributed by atoms with E-state index < -0.39 is 0 Å². The molecule has 0 bridgehead atoms. The average molecular weight is 200 g/mol. The minimum atomic E-state index is -0.0521. The number of carbonyl (C=O) groups excluding carboxylic acids is 1. The molecule has 0 heterocycles. The molecule has 0 aromatic rings. The van der Waals surface area contributed by atoms with Gasteiger partial charge in [-0.05, 0) is 26.2 Å². The van der Waals surface area contributed by atoms with E-state index in [0.717, 1.165) is 18.8 Å². The molecule has 0 amide bonds. The first-order valence-corrected chi connectivity index (χ1v) is 5.75. The molecule has 0 aliphatic heterocycles. The Kier molecular flexibility index (Phi) is 7.54. The van der Waals surface area contributed by atoms with E-state index in [9.17, 15) is 4.79 Å². The standard InChI is InChI=1S/C12H24O2/c1-5-7-11(4)8-6-9-12(13)14-10(2)3/h10-11H,5-9H2,1-4H3. The maximum Gasteiger partial charge on any atom is 0.306 e. The number of hydrogen-bond donors (Lipinski definition) is 0.